The van der Waals surface area contributed by atoms with E-state index in [-0.39, 0.29) is 6.04 Å². The summed E-state index contributed by atoms with van der Waals surface area (Å²) in [7, 11) is 4.71. The van der Waals surface area contributed by atoms with Crippen LogP contribution in [-0.4, -0.2) is 21.3 Å². The predicted molar refractivity (Wildman–Crippen MR) is 66.5 cm³/mol. The van der Waals surface area contributed by atoms with Crippen LogP contribution in [0.15, 0.2) is 12.1 Å². The van der Waals surface area contributed by atoms with Gasteiger partial charge in [0.15, 0.2) is 11.5 Å². The monoisotopic (exact) mass is 235 g/mol. The molecule has 0 aliphatic heterocycles. The molecule has 92 valence electrons. The molecular formula is C13H17NO3. The zero-order valence-corrected chi connectivity index (χ0v) is 10.3. The van der Waals surface area contributed by atoms with Gasteiger partial charge in [-0.25, -0.2) is 0 Å². The minimum Gasteiger partial charge on any atom is -0.496 e. The topological polar surface area (TPSA) is 53.7 Å². The average molecular weight is 235 g/mol. The van der Waals surface area contributed by atoms with Crippen LogP contribution in [0.3, 0.4) is 0 Å². The molecule has 1 atom stereocenters. The molecule has 2 N–H and O–H groups in total. The Balaban J connectivity index is 3.24. The van der Waals surface area contributed by atoms with Gasteiger partial charge in [-0.05, 0) is 6.07 Å². The van der Waals surface area contributed by atoms with Crippen molar-refractivity contribution in [3.8, 4) is 29.6 Å². The van der Waals surface area contributed by atoms with Crippen molar-refractivity contribution in [1.82, 2.24) is 0 Å². The molecule has 0 radical (unpaired) electrons. The maximum atomic E-state index is 5.98. The van der Waals surface area contributed by atoms with E-state index in [0.717, 1.165) is 5.56 Å². The van der Waals surface area contributed by atoms with E-state index < -0.39 is 0 Å². The summed E-state index contributed by atoms with van der Waals surface area (Å²) in [4.78, 5) is 0. The summed E-state index contributed by atoms with van der Waals surface area (Å²) >= 11 is 0. The van der Waals surface area contributed by atoms with Gasteiger partial charge in [-0.15, -0.1) is 12.3 Å². The second kappa shape index (κ2) is 6.02. The third-order valence-corrected chi connectivity index (χ3v) is 2.47. The summed E-state index contributed by atoms with van der Waals surface area (Å²) in [6, 6.07) is 3.25. The largest absolute Gasteiger partial charge is 0.496 e. The summed E-state index contributed by atoms with van der Waals surface area (Å²) in [5.41, 5.74) is 6.79. The molecule has 1 rings (SSSR count). The van der Waals surface area contributed by atoms with Gasteiger partial charge in [0.1, 0.15) is 5.75 Å². The van der Waals surface area contributed by atoms with E-state index in [1.165, 1.54) is 0 Å². The Morgan fingerprint density at radius 3 is 2.12 bits per heavy atom. The Hall–Kier alpha value is -1.86. The quantitative estimate of drug-likeness (QED) is 0.790. The Kier molecular flexibility index (Phi) is 4.68. The smallest absolute Gasteiger partial charge is 0.164 e. The highest BCUT2D eigenvalue weighted by Gasteiger charge is 2.16. The van der Waals surface area contributed by atoms with Gasteiger partial charge in [-0.1, -0.05) is 0 Å². The summed E-state index contributed by atoms with van der Waals surface area (Å²) in [6.07, 6.45) is 5.69. The van der Waals surface area contributed by atoms with E-state index in [0.29, 0.717) is 23.7 Å². The van der Waals surface area contributed by atoms with Crippen LogP contribution in [0.2, 0.25) is 0 Å². The molecule has 0 aromatic heterocycles. The van der Waals surface area contributed by atoms with E-state index in [4.69, 9.17) is 26.4 Å². The Bertz CT molecular complexity index is 423. The van der Waals surface area contributed by atoms with Gasteiger partial charge in [0.25, 0.3) is 0 Å². The van der Waals surface area contributed by atoms with Crippen LogP contribution in [0.25, 0.3) is 0 Å². The number of hydrogen-bond donors (Lipinski definition) is 1. The molecule has 0 saturated heterocycles. The van der Waals surface area contributed by atoms with Crippen molar-refractivity contribution in [2.75, 3.05) is 21.3 Å². The standard InChI is InChI=1S/C13H17NO3/c1-5-6-10(14)9-7-12(16-3)13(17-4)8-11(9)15-2/h1,7-8,10H,6,14H2,2-4H3. The van der Waals surface area contributed by atoms with E-state index >= 15 is 0 Å². The SMILES string of the molecule is C#CCC(N)c1cc(OC)c(OC)cc1OC. The maximum Gasteiger partial charge on any atom is 0.164 e. The zero-order chi connectivity index (χ0) is 12.8. The Morgan fingerprint density at radius 1 is 1.12 bits per heavy atom. The van der Waals surface area contributed by atoms with Crippen molar-refractivity contribution in [3.05, 3.63) is 17.7 Å². The average Bonchev–Trinajstić information content (AvgIpc) is 2.37. The summed E-state index contributed by atoms with van der Waals surface area (Å²) in [5, 5.41) is 0. The van der Waals surface area contributed by atoms with Gasteiger partial charge >= 0.3 is 0 Å². The third kappa shape index (κ3) is 2.83. The molecule has 0 spiro atoms. The predicted octanol–water partition coefficient (Wildman–Crippen LogP) is 1.74. The second-order valence-electron chi connectivity index (χ2n) is 3.46. The maximum absolute atomic E-state index is 5.98. The fourth-order valence-electron chi connectivity index (χ4n) is 1.58. The van der Waals surface area contributed by atoms with Crippen molar-refractivity contribution in [2.24, 2.45) is 5.73 Å². The summed E-state index contributed by atoms with van der Waals surface area (Å²) in [5.74, 6) is 4.38. The fourth-order valence-corrected chi connectivity index (χ4v) is 1.58. The second-order valence-corrected chi connectivity index (χ2v) is 3.46. The van der Waals surface area contributed by atoms with Crippen molar-refractivity contribution in [2.45, 2.75) is 12.5 Å². The number of terminal acetylenes is 1. The number of rotatable bonds is 5. The normalized spacial score (nSPS) is 11.5. The lowest BCUT2D eigenvalue weighted by Crippen LogP contribution is -2.11. The van der Waals surface area contributed by atoms with Crippen LogP contribution in [0.1, 0.15) is 18.0 Å². The van der Waals surface area contributed by atoms with Crippen LogP contribution in [0.5, 0.6) is 17.2 Å². The fraction of sp³-hybridized carbons (Fsp3) is 0.385. The molecule has 0 aliphatic carbocycles. The molecule has 0 bridgehead atoms. The number of nitrogens with two attached hydrogens (primary N) is 1. The van der Waals surface area contributed by atoms with E-state index in [1.807, 2.05) is 0 Å². The highest BCUT2D eigenvalue weighted by molar-refractivity contribution is 5.51. The van der Waals surface area contributed by atoms with Crippen molar-refractivity contribution in [3.63, 3.8) is 0 Å². The first-order valence-electron chi connectivity index (χ1n) is 5.16. The van der Waals surface area contributed by atoms with Crippen LogP contribution in [-0.2, 0) is 0 Å². The Morgan fingerprint density at radius 2 is 1.65 bits per heavy atom. The number of hydrogen-bond acceptors (Lipinski definition) is 4. The first-order valence-corrected chi connectivity index (χ1v) is 5.16. The molecule has 17 heavy (non-hydrogen) atoms. The lowest BCUT2D eigenvalue weighted by Gasteiger charge is -2.17. The molecule has 4 heteroatoms. The van der Waals surface area contributed by atoms with Crippen molar-refractivity contribution >= 4 is 0 Å². The summed E-state index contributed by atoms with van der Waals surface area (Å²) in [6.45, 7) is 0. The van der Waals surface area contributed by atoms with Crippen LogP contribution >= 0.6 is 0 Å². The van der Waals surface area contributed by atoms with Gasteiger partial charge in [0.05, 0.1) is 21.3 Å². The molecule has 0 saturated carbocycles. The van der Waals surface area contributed by atoms with Crippen molar-refractivity contribution in [1.29, 1.82) is 0 Å². The first kappa shape index (κ1) is 13.2. The molecule has 1 unspecified atom stereocenters. The number of methoxy groups -OCH3 is 3. The number of ether oxygens (including phenoxy) is 3. The van der Waals surface area contributed by atoms with Crippen LogP contribution < -0.4 is 19.9 Å². The molecule has 0 aliphatic rings. The van der Waals surface area contributed by atoms with Crippen LogP contribution in [0, 0.1) is 12.3 Å². The first-order chi connectivity index (χ1) is 8.17. The van der Waals surface area contributed by atoms with Gasteiger partial charge in [0.2, 0.25) is 0 Å². The molecule has 0 amide bonds. The van der Waals surface area contributed by atoms with Crippen molar-refractivity contribution < 1.29 is 14.2 Å². The summed E-state index contributed by atoms with van der Waals surface area (Å²) < 4.78 is 15.7. The molecular weight excluding hydrogens is 218 g/mol. The third-order valence-electron chi connectivity index (χ3n) is 2.47. The van der Waals surface area contributed by atoms with Gasteiger partial charge in [-0.2, -0.15) is 0 Å². The molecule has 1 aromatic carbocycles. The Labute approximate surface area is 102 Å². The van der Waals surface area contributed by atoms with Gasteiger partial charge in [-0.3, -0.25) is 0 Å². The number of benzene rings is 1. The molecule has 1 aromatic rings. The molecule has 0 heterocycles. The van der Waals surface area contributed by atoms with Gasteiger partial charge in [0, 0.05) is 24.1 Å². The van der Waals surface area contributed by atoms with Gasteiger partial charge < -0.3 is 19.9 Å². The molecule has 4 nitrogen and oxygen atoms in total. The van der Waals surface area contributed by atoms with E-state index in [2.05, 4.69) is 5.92 Å². The highest BCUT2D eigenvalue weighted by atomic mass is 16.5. The lowest BCUT2D eigenvalue weighted by molar-refractivity contribution is 0.346. The van der Waals surface area contributed by atoms with E-state index in [1.54, 1.807) is 33.5 Å². The zero-order valence-electron chi connectivity index (χ0n) is 10.3. The van der Waals surface area contributed by atoms with Crippen LogP contribution in [0.4, 0.5) is 0 Å². The minimum atomic E-state index is -0.283. The minimum absolute atomic E-state index is 0.283. The lowest BCUT2D eigenvalue weighted by atomic mass is 10.0. The van der Waals surface area contributed by atoms with E-state index in [9.17, 15) is 0 Å². The highest BCUT2D eigenvalue weighted by Crippen LogP contribution is 2.37. The molecule has 0 fully saturated rings.